The van der Waals surface area contributed by atoms with Crippen molar-refractivity contribution in [3.63, 3.8) is 0 Å². The molecule has 0 aliphatic heterocycles. The fourth-order valence-electron chi connectivity index (χ4n) is 4.93. The normalized spacial score (nSPS) is 11.3. The Morgan fingerprint density at radius 3 is 2.60 bits per heavy atom. The predicted octanol–water partition coefficient (Wildman–Crippen LogP) is 6.93. The summed E-state index contributed by atoms with van der Waals surface area (Å²) in [6, 6.07) is 29.7. The maximum Gasteiger partial charge on any atom is 0.236 e. The summed E-state index contributed by atoms with van der Waals surface area (Å²) < 4.78 is 2.87. The minimum Gasteiger partial charge on any atom is -0.326 e. The highest BCUT2D eigenvalue weighted by Crippen LogP contribution is 2.33. The average molecular weight is 602 g/mol. The molecule has 3 aromatic heterocycles. The highest BCUT2D eigenvalue weighted by Gasteiger charge is 2.20. The lowest BCUT2D eigenvalue weighted by atomic mass is 10.1. The number of nitrogens with zero attached hydrogens (tertiary/aromatic N) is 5. The van der Waals surface area contributed by atoms with Gasteiger partial charge in [0.05, 0.1) is 27.2 Å². The van der Waals surface area contributed by atoms with E-state index in [4.69, 9.17) is 0 Å². The number of anilines is 2. The highest BCUT2D eigenvalue weighted by atomic mass is 32.2. The Kier molecular flexibility index (Phi) is 7.01. The number of thiazole rings is 1. The summed E-state index contributed by atoms with van der Waals surface area (Å²) >= 11 is 2.66. The minimum absolute atomic E-state index is 0.109. The lowest BCUT2D eigenvalue weighted by molar-refractivity contribution is -0.114. The van der Waals surface area contributed by atoms with E-state index in [9.17, 15) is 9.59 Å². The standard InChI is InChI=1S/C32H23N7O2S2/c1-19(40)34-23-12-14-26-28(17-23)43-31(35-26)36-29(41)18-42-32-38-37-30(22-11-13-25-21(16-22)8-5-15-33-25)39(32)27-10-4-7-20-6-2-3-9-24(20)27/h2-17H,18H2,1H3,(H,34,40)(H,35,36,41). The van der Waals surface area contributed by atoms with Crippen LogP contribution in [0.3, 0.4) is 0 Å². The Morgan fingerprint density at radius 2 is 1.70 bits per heavy atom. The van der Waals surface area contributed by atoms with Crippen molar-refractivity contribution in [2.24, 2.45) is 0 Å². The van der Waals surface area contributed by atoms with Crippen LogP contribution in [0.4, 0.5) is 10.8 Å². The van der Waals surface area contributed by atoms with Gasteiger partial charge in [-0.15, -0.1) is 10.2 Å². The average Bonchev–Trinajstić information content (AvgIpc) is 3.62. The van der Waals surface area contributed by atoms with Gasteiger partial charge in [0.2, 0.25) is 11.8 Å². The first-order valence-corrected chi connectivity index (χ1v) is 15.2. The van der Waals surface area contributed by atoms with Crippen LogP contribution in [0, 0.1) is 0 Å². The first kappa shape index (κ1) is 26.7. The summed E-state index contributed by atoms with van der Waals surface area (Å²) in [6.45, 7) is 1.46. The molecule has 210 valence electrons. The van der Waals surface area contributed by atoms with Crippen molar-refractivity contribution < 1.29 is 9.59 Å². The van der Waals surface area contributed by atoms with Crippen LogP contribution in [0.2, 0.25) is 0 Å². The lowest BCUT2D eigenvalue weighted by Crippen LogP contribution is -2.14. The molecule has 0 atom stereocenters. The number of fused-ring (bicyclic) bond motifs is 3. The zero-order valence-electron chi connectivity index (χ0n) is 22.8. The van der Waals surface area contributed by atoms with Crippen molar-refractivity contribution >= 4 is 77.6 Å². The van der Waals surface area contributed by atoms with E-state index in [0.29, 0.717) is 21.8 Å². The number of pyridine rings is 1. The lowest BCUT2D eigenvalue weighted by Gasteiger charge is -2.13. The largest absolute Gasteiger partial charge is 0.326 e. The number of amides is 2. The molecule has 43 heavy (non-hydrogen) atoms. The molecule has 3 heterocycles. The first-order chi connectivity index (χ1) is 21.0. The molecule has 0 saturated heterocycles. The summed E-state index contributed by atoms with van der Waals surface area (Å²) in [5.74, 6) is 0.423. The molecule has 0 saturated carbocycles. The van der Waals surface area contributed by atoms with Gasteiger partial charge in [0.25, 0.3) is 0 Å². The Bertz CT molecular complexity index is 2170. The number of benzene rings is 4. The Hall–Kier alpha value is -5.13. The molecule has 2 N–H and O–H groups in total. The molecule has 0 spiro atoms. The van der Waals surface area contributed by atoms with Crippen LogP contribution in [0.5, 0.6) is 0 Å². The first-order valence-electron chi connectivity index (χ1n) is 13.4. The van der Waals surface area contributed by atoms with Crippen molar-refractivity contribution in [1.82, 2.24) is 24.7 Å². The van der Waals surface area contributed by atoms with Crippen LogP contribution in [0.1, 0.15) is 6.92 Å². The number of carbonyl (C=O) groups excluding carboxylic acids is 2. The summed E-state index contributed by atoms with van der Waals surface area (Å²) in [6.07, 6.45) is 1.78. The summed E-state index contributed by atoms with van der Waals surface area (Å²) in [5.41, 5.74) is 4.14. The molecule has 7 rings (SSSR count). The Labute approximate surface area is 254 Å². The topological polar surface area (TPSA) is 115 Å². The molecule has 0 unspecified atom stereocenters. The molecule has 0 fully saturated rings. The number of carbonyl (C=O) groups is 2. The van der Waals surface area contributed by atoms with E-state index < -0.39 is 0 Å². The van der Waals surface area contributed by atoms with Crippen LogP contribution in [0.25, 0.3) is 49.0 Å². The smallest absolute Gasteiger partial charge is 0.236 e. The number of aromatic nitrogens is 5. The monoisotopic (exact) mass is 601 g/mol. The van der Waals surface area contributed by atoms with Crippen molar-refractivity contribution in [2.75, 3.05) is 16.4 Å². The summed E-state index contributed by atoms with van der Waals surface area (Å²) in [7, 11) is 0. The third-order valence-electron chi connectivity index (χ3n) is 6.79. The van der Waals surface area contributed by atoms with E-state index in [1.165, 1.54) is 30.0 Å². The number of hydrogen-bond acceptors (Lipinski definition) is 8. The summed E-state index contributed by atoms with van der Waals surface area (Å²) in [5, 5.41) is 19.0. The Morgan fingerprint density at radius 1 is 0.860 bits per heavy atom. The van der Waals surface area contributed by atoms with E-state index in [-0.39, 0.29) is 17.6 Å². The molecule has 0 aliphatic rings. The molecule has 4 aromatic carbocycles. The molecular formula is C32H23N7O2S2. The summed E-state index contributed by atoms with van der Waals surface area (Å²) in [4.78, 5) is 33.4. The highest BCUT2D eigenvalue weighted by molar-refractivity contribution is 7.99. The molecule has 7 aromatic rings. The van der Waals surface area contributed by atoms with E-state index in [1.54, 1.807) is 12.3 Å². The predicted molar refractivity (Wildman–Crippen MR) is 173 cm³/mol. The van der Waals surface area contributed by atoms with E-state index in [2.05, 4.69) is 55.1 Å². The maximum absolute atomic E-state index is 13.1. The van der Waals surface area contributed by atoms with Gasteiger partial charge in [0.15, 0.2) is 16.1 Å². The zero-order valence-corrected chi connectivity index (χ0v) is 24.4. The zero-order chi connectivity index (χ0) is 29.3. The second kappa shape index (κ2) is 11.3. The van der Waals surface area contributed by atoms with Crippen LogP contribution >= 0.6 is 23.1 Å². The van der Waals surface area contributed by atoms with Crippen LogP contribution in [0.15, 0.2) is 102 Å². The SMILES string of the molecule is CC(=O)Nc1ccc2nc(NC(=O)CSc3nnc(-c4ccc5ncccc5c4)n3-c3cccc4ccccc34)sc2c1. The van der Waals surface area contributed by atoms with Gasteiger partial charge in [0.1, 0.15) is 0 Å². The van der Waals surface area contributed by atoms with Crippen molar-refractivity contribution in [3.8, 4) is 17.1 Å². The minimum atomic E-state index is -0.211. The maximum atomic E-state index is 13.1. The van der Waals surface area contributed by atoms with Gasteiger partial charge in [-0.3, -0.25) is 19.1 Å². The van der Waals surface area contributed by atoms with E-state index in [0.717, 1.165) is 43.1 Å². The molecule has 11 heteroatoms. The van der Waals surface area contributed by atoms with Gasteiger partial charge < -0.3 is 10.6 Å². The molecule has 0 aliphatic carbocycles. The third-order valence-corrected chi connectivity index (χ3v) is 8.65. The van der Waals surface area contributed by atoms with Crippen molar-refractivity contribution in [3.05, 3.63) is 97.2 Å². The van der Waals surface area contributed by atoms with Gasteiger partial charge in [0, 0.05) is 35.1 Å². The van der Waals surface area contributed by atoms with Crippen molar-refractivity contribution in [2.45, 2.75) is 12.1 Å². The fraction of sp³-hybridized carbons (Fsp3) is 0.0625. The van der Waals surface area contributed by atoms with E-state index >= 15 is 0 Å². The van der Waals surface area contributed by atoms with Gasteiger partial charge >= 0.3 is 0 Å². The number of hydrogen-bond donors (Lipinski definition) is 2. The molecule has 9 nitrogen and oxygen atoms in total. The van der Waals surface area contributed by atoms with Crippen LogP contribution in [-0.2, 0) is 9.59 Å². The van der Waals surface area contributed by atoms with Crippen LogP contribution in [-0.4, -0.2) is 42.3 Å². The van der Waals surface area contributed by atoms with Gasteiger partial charge in [-0.25, -0.2) is 4.98 Å². The number of rotatable bonds is 7. The van der Waals surface area contributed by atoms with Gasteiger partial charge in [-0.2, -0.15) is 0 Å². The number of thioether (sulfide) groups is 1. The molecule has 0 radical (unpaired) electrons. The van der Waals surface area contributed by atoms with Crippen molar-refractivity contribution in [1.29, 1.82) is 0 Å². The van der Waals surface area contributed by atoms with Crippen LogP contribution < -0.4 is 10.6 Å². The van der Waals surface area contributed by atoms with Gasteiger partial charge in [-0.1, -0.05) is 65.6 Å². The number of nitrogens with one attached hydrogen (secondary N) is 2. The molecule has 0 bridgehead atoms. The Balaban J connectivity index is 1.20. The second-order valence-electron chi connectivity index (χ2n) is 9.77. The van der Waals surface area contributed by atoms with Gasteiger partial charge in [-0.05, 0) is 53.9 Å². The quantitative estimate of drug-likeness (QED) is 0.190. The fourth-order valence-corrected chi connectivity index (χ4v) is 6.60. The molecule has 2 amide bonds. The third kappa shape index (κ3) is 5.43. The molecular weight excluding hydrogens is 579 g/mol. The second-order valence-corrected chi connectivity index (χ2v) is 11.7. The van der Waals surface area contributed by atoms with E-state index in [1.807, 2.05) is 65.2 Å².